The van der Waals surface area contributed by atoms with Crippen LogP contribution in [0.2, 0.25) is 10.0 Å². The van der Waals surface area contributed by atoms with E-state index >= 15 is 0 Å². The molecule has 1 heterocycles. The first-order chi connectivity index (χ1) is 12.0. The number of amides is 1. The fourth-order valence-electron chi connectivity index (χ4n) is 1.90. The van der Waals surface area contributed by atoms with E-state index in [2.05, 4.69) is 10.3 Å². The number of carbonyl (C=O) groups is 1. The van der Waals surface area contributed by atoms with Crippen LogP contribution in [-0.2, 0) is 0 Å². The lowest BCUT2D eigenvalue weighted by Crippen LogP contribution is -2.35. The molecule has 0 radical (unpaired) electrons. The Hall–Kier alpha value is -2.02. The van der Waals surface area contributed by atoms with Crippen molar-refractivity contribution in [1.29, 1.82) is 0 Å². The molecular weight excluding hydrogens is 367 g/mol. The second-order valence-electron chi connectivity index (χ2n) is 5.04. The third-order valence-electron chi connectivity index (χ3n) is 3.14. The lowest BCUT2D eigenvalue weighted by Gasteiger charge is -2.14. The Bertz CT molecular complexity index is 710. The van der Waals surface area contributed by atoms with Gasteiger partial charge in [-0.05, 0) is 25.1 Å². The maximum atomic E-state index is 12.0. The van der Waals surface area contributed by atoms with Crippen LogP contribution in [0, 0.1) is 0 Å². The van der Waals surface area contributed by atoms with Gasteiger partial charge >= 0.3 is 0 Å². The summed E-state index contributed by atoms with van der Waals surface area (Å²) in [7, 11) is 0. The van der Waals surface area contributed by atoms with Crippen molar-refractivity contribution in [3.05, 3.63) is 52.1 Å². The molecule has 0 aliphatic heterocycles. The molecule has 0 aliphatic carbocycles. The number of nitrogens with one attached hydrogen (secondary N) is 1. The smallest absolute Gasteiger partial charge is 0.252 e. The van der Waals surface area contributed by atoms with Crippen molar-refractivity contribution in [1.82, 2.24) is 10.3 Å². The lowest BCUT2D eigenvalue weighted by molar-refractivity contribution is 0.0843. The van der Waals surface area contributed by atoms with Crippen LogP contribution in [0.3, 0.4) is 0 Å². The molecule has 0 saturated heterocycles. The van der Waals surface area contributed by atoms with E-state index in [4.69, 9.17) is 32.7 Å². The number of rotatable bonds is 8. The van der Waals surface area contributed by atoms with Crippen LogP contribution < -0.4 is 14.8 Å². The van der Waals surface area contributed by atoms with Gasteiger partial charge in [-0.1, -0.05) is 29.3 Å². The summed E-state index contributed by atoms with van der Waals surface area (Å²) in [5.74, 6) is 0.469. The van der Waals surface area contributed by atoms with Crippen LogP contribution in [0.25, 0.3) is 0 Å². The van der Waals surface area contributed by atoms with Gasteiger partial charge in [0.05, 0.1) is 17.2 Å². The lowest BCUT2D eigenvalue weighted by atomic mass is 10.2. The number of carbonyl (C=O) groups excluding carboxylic acids is 1. The van der Waals surface area contributed by atoms with E-state index in [0.29, 0.717) is 28.8 Å². The summed E-state index contributed by atoms with van der Waals surface area (Å²) in [5, 5.41) is 13.2. The zero-order chi connectivity index (χ0) is 18.2. The van der Waals surface area contributed by atoms with Crippen molar-refractivity contribution in [2.45, 2.75) is 13.0 Å². The molecule has 8 heteroatoms. The number of pyridine rings is 1. The van der Waals surface area contributed by atoms with Gasteiger partial charge in [0.2, 0.25) is 5.88 Å². The Kier molecular flexibility index (Phi) is 7.31. The summed E-state index contributed by atoms with van der Waals surface area (Å²) in [6.45, 7) is 2.33. The van der Waals surface area contributed by atoms with Crippen LogP contribution in [0.4, 0.5) is 0 Å². The summed E-state index contributed by atoms with van der Waals surface area (Å²) in [4.78, 5) is 16.0. The number of aromatic nitrogens is 1. The quantitative estimate of drug-likeness (QED) is 0.730. The average molecular weight is 385 g/mol. The van der Waals surface area contributed by atoms with Crippen LogP contribution in [-0.4, -0.2) is 41.9 Å². The molecule has 25 heavy (non-hydrogen) atoms. The van der Waals surface area contributed by atoms with Crippen LogP contribution in [0.1, 0.15) is 17.3 Å². The van der Waals surface area contributed by atoms with Gasteiger partial charge in [0.25, 0.3) is 5.91 Å². The molecule has 1 aromatic heterocycles. The number of nitrogens with zero attached hydrogens (tertiary/aromatic N) is 1. The third kappa shape index (κ3) is 5.77. The van der Waals surface area contributed by atoms with E-state index < -0.39 is 6.10 Å². The molecule has 0 saturated carbocycles. The molecule has 0 bridgehead atoms. The van der Waals surface area contributed by atoms with Gasteiger partial charge < -0.3 is 19.9 Å². The largest absolute Gasteiger partial charge is 0.489 e. The Balaban J connectivity index is 1.79. The highest BCUT2D eigenvalue weighted by Crippen LogP contribution is 2.31. The maximum Gasteiger partial charge on any atom is 0.252 e. The number of halogens is 2. The van der Waals surface area contributed by atoms with Crippen molar-refractivity contribution in [3.63, 3.8) is 0 Å². The van der Waals surface area contributed by atoms with E-state index in [-0.39, 0.29) is 24.1 Å². The zero-order valence-corrected chi connectivity index (χ0v) is 15.0. The number of hydrogen-bond acceptors (Lipinski definition) is 5. The Morgan fingerprint density at radius 2 is 2.08 bits per heavy atom. The van der Waals surface area contributed by atoms with Gasteiger partial charge in [-0.3, -0.25) is 4.79 Å². The first-order valence-electron chi connectivity index (χ1n) is 7.63. The van der Waals surface area contributed by atoms with Gasteiger partial charge in [-0.25, -0.2) is 4.98 Å². The summed E-state index contributed by atoms with van der Waals surface area (Å²) in [5.41, 5.74) is 0.370. The van der Waals surface area contributed by atoms with Crippen LogP contribution >= 0.6 is 23.2 Å². The highest BCUT2D eigenvalue weighted by Gasteiger charge is 2.12. The van der Waals surface area contributed by atoms with Crippen molar-refractivity contribution in [2.24, 2.45) is 0 Å². The fraction of sp³-hybridized carbons (Fsp3) is 0.294. The highest BCUT2D eigenvalue weighted by molar-refractivity contribution is 6.42. The molecule has 2 aromatic rings. The van der Waals surface area contributed by atoms with Crippen LogP contribution in [0.15, 0.2) is 36.5 Å². The molecule has 1 unspecified atom stereocenters. The molecular formula is C17H18Cl2N2O4. The van der Waals surface area contributed by atoms with E-state index in [1.807, 2.05) is 6.92 Å². The summed E-state index contributed by atoms with van der Waals surface area (Å²) in [6, 6.07) is 8.18. The molecule has 2 N–H and O–H groups in total. The molecule has 1 aromatic carbocycles. The Morgan fingerprint density at radius 3 is 2.76 bits per heavy atom. The van der Waals surface area contributed by atoms with Gasteiger partial charge in [-0.2, -0.15) is 0 Å². The average Bonchev–Trinajstić information content (AvgIpc) is 2.62. The maximum absolute atomic E-state index is 12.0. The highest BCUT2D eigenvalue weighted by atomic mass is 35.5. The summed E-state index contributed by atoms with van der Waals surface area (Å²) in [6.07, 6.45) is 0.504. The Labute approximate surface area is 155 Å². The van der Waals surface area contributed by atoms with E-state index in [1.54, 1.807) is 30.3 Å². The minimum atomic E-state index is -0.908. The minimum Gasteiger partial charge on any atom is -0.489 e. The molecule has 2 rings (SSSR count). The van der Waals surface area contributed by atoms with Crippen molar-refractivity contribution in [3.8, 4) is 11.6 Å². The minimum absolute atomic E-state index is 0.0181. The van der Waals surface area contributed by atoms with E-state index in [1.165, 1.54) is 6.20 Å². The monoisotopic (exact) mass is 384 g/mol. The molecule has 134 valence electrons. The van der Waals surface area contributed by atoms with Gasteiger partial charge in [0.15, 0.2) is 0 Å². The van der Waals surface area contributed by atoms with E-state index in [0.717, 1.165) is 0 Å². The van der Waals surface area contributed by atoms with Gasteiger partial charge in [0.1, 0.15) is 23.5 Å². The molecule has 0 spiro atoms. The van der Waals surface area contributed by atoms with E-state index in [9.17, 15) is 9.90 Å². The normalized spacial score (nSPS) is 11.7. The first-order valence-corrected chi connectivity index (χ1v) is 8.38. The number of hydrogen-bond donors (Lipinski definition) is 2. The molecule has 1 amide bonds. The zero-order valence-electron chi connectivity index (χ0n) is 13.5. The second-order valence-corrected chi connectivity index (χ2v) is 5.83. The number of benzene rings is 1. The number of aliphatic hydroxyl groups excluding tert-OH is 1. The molecule has 0 aliphatic rings. The predicted octanol–water partition coefficient (Wildman–Crippen LogP) is 2.96. The third-order valence-corrected chi connectivity index (χ3v) is 3.94. The number of aliphatic hydroxyl groups is 1. The van der Waals surface area contributed by atoms with Gasteiger partial charge in [0, 0.05) is 18.8 Å². The number of ether oxygens (including phenoxy) is 2. The second kappa shape index (κ2) is 9.46. The van der Waals surface area contributed by atoms with Gasteiger partial charge in [-0.15, -0.1) is 0 Å². The van der Waals surface area contributed by atoms with Crippen molar-refractivity contribution >= 4 is 29.1 Å². The molecule has 6 nitrogen and oxygen atoms in total. The first kappa shape index (κ1) is 19.3. The Morgan fingerprint density at radius 1 is 1.28 bits per heavy atom. The topological polar surface area (TPSA) is 80.7 Å². The summed E-state index contributed by atoms with van der Waals surface area (Å²) < 4.78 is 10.6. The predicted molar refractivity (Wildman–Crippen MR) is 95.7 cm³/mol. The molecule has 1 atom stereocenters. The SMILES string of the molecule is CCOc1ccc(C(=O)NCC(O)COc2cccc(Cl)c2Cl)cn1. The molecule has 0 fully saturated rings. The van der Waals surface area contributed by atoms with Crippen molar-refractivity contribution < 1.29 is 19.4 Å². The standard InChI is InChI=1S/C17H18Cl2N2O4/c1-2-24-15-7-6-11(8-20-15)17(23)21-9-12(22)10-25-14-5-3-4-13(18)16(14)19/h3-8,12,22H,2,9-10H2,1H3,(H,21,23). The van der Waals surface area contributed by atoms with Crippen molar-refractivity contribution in [2.75, 3.05) is 19.8 Å². The fourth-order valence-corrected chi connectivity index (χ4v) is 2.25. The van der Waals surface area contributed by atoms with Crippen LogP contribution in [0.5, 0.6) is 11.6 Å². The summed E-state index contributed by atoms with van der Waals surface area (Å²) >= 11 is 11.9.